The number of hydrogen-bond acceptors (Lipinski definition) is 4. The lowest BCUT2D eigenvalue weighted by molar-refractivity contribution is 0.649. The van der Waals surface area contributed by atoms with Crippen LogP contribution in [0.1, 0.15) is 11.1 Å². The standard InChI is InChI=1S/C13H14BrN3OS/c1-3-4-17-13(18)12(14)11(6-16-17)15-5-10-8-19-7-9(10)2/h3,6-8,15H,1,4-5H2,2H3. The first-order valence-electron chi connectivity index (χ1n) is 5.75. The number of thiophene rings is 1. The Morgan fingerprint density at radius 3 is 3.00 bits per heavy atom. The Hall–Kier alpha value is -1.40. The highest BCUT2D eigenvalue weighted by molar-refractivity contribution is 9.10. The lowest BCUT2D eigenvalue weighted by Crippen LogP contribution is -2.23. The third-order valence-electron chi connectivity index (χ3n) is 2.72. The zero-order chi connectivity index (χ0) is 13.8. The van der Waals surface area contributed by atoms with Crippen molar-refractivity contribution in [2.24, 2.45) is 0 Å². The number of halogens is 1. The van der Waals surface area contributed by atoms with Crippen molar-refractivity contribution in [1.82, 2.24) is 9.78 Å². The largest absolute Gasteiger partial charge is 0.379 e. The van der Waals surface area contributed by atoms with Crippen LogP contribution in [0.25, 0.3) is 0 Å². The van der Waals surface area contributed by atoms with Gasteiger partial charge in [0.05, 0.1) is 18.4 Å². The first-order chi connectivity index (χ1) is 9.13. The smallest absolute Gasteiger partial charge is 0.283 e. The summed E-state index contributed by atoms with van der Waals surface area (Å²) >= 11 is 4.99. The summed E-state index contributed by atoms with van der Waals surface area (Å²) in [6, 6.07) is 0. The van der Waals surface area contributed by atoms with Crippen LogP contribution in [-0.2, 0) is 13.1 Å². The van der Waals surface area contributed by atoms with E-state index in [1.807, 2.05) is 0 Å². The quantitative estimate of drug-likeness (QED) is 0.851. The molecule has 2 rings (SSSR count). The summed E-state index contributed by atoms with van der Waals surface area (Å²) in [6.45, 7) is 6.76. The van der Waals surface area contributed by atoms with E-state index in [9.17, 15) is 4.79 Å². The molecule has 1 N–H and O–H groups in total. The van der Waals surface area contributed by atoms with E-state index in [4.69, 9.17) is 0 Å². The molecule has 0 aliphatic rings. The first kappa shape index (κ1) is 14.0. The normalized spacial score (nSPS) is 10.4. The number of nitrogens with zero attached hydrogens (tertiary/aromatic N) is 2. The van der Waals surface area contributed by atoms with Crippen LogP contribution >= 0.6 is 27.3 Å². The molecule has 0 spiro atoms. The lowest BCUT2D eigenvalue weighted by atomic mass is 10.2. The number of allylic oxidation sites excluding steroid dienone is 1. The highest BCUT2D eigenvalue weighted by Gasteiger charge is 2.08. The number of rotatable bonds is 5. The van der Waals surface area contributed by atoms with Gasteiger partial charge in [-0.25, -0.2) is 4.68 Å². The number of anilines is 1. The maximum Gasteiger partial charge on any atom is 0.283 e. The van der Waals surface area contributed by atoms with Crippen molar-refractivity contribution in [3.8, 4) is 0 Å². The minimum Gasteiger partial charge on any atom is -0.379 e. The van der Waals surface area contributed by atoms with Crippen molar-refractivity contribution in [3.05, 3.63) is 55.6 Å². The molecule has 0 aliphatic heterocycles. The van der Waals surface area contributed by atoms with Gasteiger partial charge in [0.15, 0.2) is 0 Å². The molecule has 0 aromatic carbocycles. The van der Waals surface area contributed by atoms with Gasteiger partial charge in [-0.3, -0.25) is 4.79 Å². The maximum atomic E-state index is 12.0. The molecule has 0 amide bonds. The van der Waals surface area contributed by atoms with Gasteiger partial charge in [0.2, 0.25) is 0 Å². The third kappa shape index (κ3) is 3.13. The van der Waals surface area contributed by atoms with Gasteiger partial charge in [0.25, 0.3) is 5.56 Å². The van der Waals surface area contributed by atoms with Crippen LogP contribution in [0.4, 0.5) is 5.69 Å². The summed E-state index contributed by atoms with van der Waals surface area (Å²) in [5.74, 6) is 0. The molecular weight excluding hydrogens is 326 g/mol. The van der Waals surface area contributed by atoms with Gasteiger partial charge < -0.3 is 5.32 Å². The van der Waals surface area contributed by atoms with E-state index in [1.165, 1.54) is 15.8 Å². The molecule has 4 nitrogen and oxygen atoms in total. The van der Waals surface area contributed by atoms with Crippen LogP contribution in [0.2, 0.25) is 0 Å². The van der Waals surface area contributed by atoms with E-state index in [2.05, 4.69) is 50.6 Å². The number of aromatic nitrogens is 2. The van der Waals surface area contributed by atoms with Gasteiger partial charge in [-0.1, -0.05) is 6.08 Å². The van der Waals surface area contributed by atoms with E-state index in [1.54, 1.807) is 23.6 Å². The Labute approximate surface area is 123 Å². The fourth-order valence-corrected chi connectivity index (χ4v) is 2.90. The van der Waals surface area contributed by atoms with Crippen LogP contribution in [0.5, 0.6) is 0 Å². The minimum absolute atomic E-state index is 0.160. The molecule has 2 heterocycles. The molecule has 0 saturated heterocycles. The number of nitrogens with one attached hydrogen (secondary N) is 1. The topological polar surface area (TPSA) is 46.9 Å². The summed E-state index contributed by atoms with van der Waals surface area (Å²) in [4.78, 5) is 12.0. The predicted octanol–water partition coefficient (Wildman–Crippen LogP) is 3.17. The van der Waals surface area contributed by atoms with Gasteiger partial charge in [-0.2, -0.15) is 16.4 Å². The fraction of sp³-hybridized carbons (Fsp3) is 0.231. The van der Waals surface area contributed by atoms with Crippen LogP contribution in [0.15, 0.2) is 38.9 Å². The Morgan fingerprint density at radius 2 is 2.37 bits per heavy atom. The number of hydrogen-bond donors (Lipinski definition) is 1. The Bertz CT molecular complexity index is 648. The van der Waals surface area contributed by atoms with E-state index in [-0.39, 0.29) is 5.56 Å². The highest BCUT2D eigenvalue weighted by Crippen LogP contribution is 2.19. The van der Waals surface area contributed by atoms with Crippen molar-refractivity contribution in [2.75, 3.05) is 5.32 Å². The van der Waals surface area contributed by atoms with Crippen molar-refractivity contribution < 1.29 is 0 Å². The maximum absolute atomic E-state index is 12.0. The van der Waals surface area contributed by atoms with Crippen LogP contribution in [0.3, 0.4) is 0 Å². The molecule has 0 unspecified atom stereocenters. The van der Waals surface area contributed by atoms with Gasteiger partial charge >= 0.3 is 0 Å². The summed E-state index contributed by atoms with van der Waals surface area (Å²) in [5.41, 5.74) is 3.02. The van der Waals surface area contributed by atoms with Crippen LogP contribution in [0, 0.1) is 6.92 Å². The zero-order valence-corrected chi connectivity index (χ0v) is 12.9. The second kappa shape index (κ2) is 6.16. The lowest BCUT2D eigenvalue weighted by Gasteiger charge is -2.09. The molecule has 0 atom stereocenters. The second-order valence-corrected chi connectivity index (χ2v) is 5.62. The van der Waals surface area contributed by atoms with Crippen LogP contribution in [-0.4, -0.2) is 9.78 Å². The molecule has 2 aromatic heterocycles. The molecule has 2 aromatic rings. The SMILES string of the molecule is C=CCn1ncc(NCc2cscc2C)c(Br)c1=O. The van der Waals surface area contributed by atoms with Crippen molar-refractivity contribution >= 4 is 33.0 Å². The Morgan fingerprint density at radius 1 is 1.58 bits per heavy atom. The van der Waals surface area contributed by atoms with Crippen molar-refractivity contribution in [2.45, 2.75) is 20.0 Å². The molecule has 6 heteroatoms. The summed E-state index contributed by atoms with van der Waals surface area (Å²) in [5, 5.41) is 11.5. The highest BCUT2D eigenvalue weighted by atomic mass is 79.9. The molecule has 19 heavy (non-hydrogen) atoms. The average molecular weight is 340 g/mol. The zero-order valence-electron chi connectivity index (χ0n) is 10.5. The van der Waals surface area contributed by atoms with Gasteiger partial charge in [-0.15, -0.1) is 6.58 Å². The first-order valence-corrected chi connectivity index (χ1v) is 7.49. The average Bonchev–Trinajstić information content (AvgIpc) is 2.80. The van der Waals surface area contributed by atoms with Crippen molar-refractivity contribution in [3.63, 3.8) is 0 Å². The minimum atomic E-state index is -0.160. The van der Waals surface area contributed by atoms with E-state index in [0.29, 0.717) is 23.2 Å². The molecule has 0 bridgehead atoms. The van der Waals surface area contributed by atoms with Crippen molar-refractivity contribution in [1.29, 1.82) is 0 Å². The Kier molecular flexibility index (Phi) is 4.55. The second-order valence-electron chi connectivity index (χ2n) is 4.08. The molecule has 100 valence electrons. The molecule has 0 radical (unpaired) electrons. The summed E-state index contributed by atoms with van der Waals surface area (Å²) < 4.78 is 1.86. The summed E-state index contributed by atoms with van der Waals surface area (Å²) in [7, 11) is 0. The fourth-order valence-electron chi connectivity index (χ4n) is 1.60. The molecule has 0 saturated carbocycles. The molecule has 0 fully saturated rings. The van der Waals surface area contributed by atoms with Gasteiger partial charge in [0.1, 0.15) is 4.47 Å². The molecular formula is C13H14BrN3OS. The monoisotopic (exact) mass is 339 g/mol. The third-order valence-corrected chi connectivity index (χ3v) is 4.39. The summed E-state index contributed by atoms with van der Waals surface area (Å²) in [6.07, 6.45) is 3.29. The molecule has 0 aliphatic carbocycles. The van der Waals surface area contributed by atoms with E-state index < -0.39 is 0 Å². The van der Waals surface area contributed by atoms with E-state index >= 15 is 0 Å². The number of aryl methyl sites for hydroxylation is 1. The Balaban J connectivity index is 2.18. The van der Waals surface area contributed by atoms with Gasteiger partial charge in [0, 0.05) is 6.54 Å². The predicted molar refractivity (Wildman–Crippen MR) is 82.8 cm³/mol. The van der Waals surface area contributed by atoms with Crippen LogP contribution < -0.4 is 10.9 Å². The van der Waals surface area contributed by atoms with E-state index in [0.717, 1.165) is 0 Å². The van der Waals surface area contributed by atoms with Gasteiger partial charge in [-0.05, 0) is 44.7 Å².